The summed E-state index contributed by atoms with van der Waals surface area (Å²) in [5, 5.41) is 8.86. The van der Waals surface area contributed by atoms with E-state index in [1.165, 1.54) is 48.5 Å². The molecule has 25 heavy (non-hydrogen) atoms. The van der Waals surface area contributed by atoms with Crippen LogP contribution in [0.4, 0.5) is 5.69 Å². The van der Waals surface area contributed by atoms with Crippen molar-refractivity contribution in [3.8, 4) is 6.07 Å². The topological polar surface area (TPSA) is 116 Å². The lowest BCUT2D eigenvalue weighted by Gasteiger charge is -2.10. The molecule has 0 amide bonds. The van der Waals surface area contributed by atoms with Gasteiger partial charge in [0.15, 0.2) is 0 Å². The number of benzene rings is 2. The number of hydrogen-bond acceptors (Lipinski definition) is 5. The monoisotopic (exact) mass is 377 g/mol. The van der Waals surface area contributed by atoms with E-state index in [-0.39, 0.29) is 27.1 Å². The minimum atomic E-state index is -3.87. The Morgan fingerprint density at radius 2 is 1.60 bits per heavy atom. The van der Waals surface area contributed by atoms with Crippen molar-refractivity contribution < 1.29 is 16.8 Å². The molecule has 3 rings (SSSR count). The molecule has 1 aliphatic rings. The van der Waals surface area contributed by atoms with E-state index in [4.69, 9.17) is 5.26 Å². The third kappa shape index (κ3) is 4.17. The highest BCUT2D eigenvalue weighted by atomic mass is 32.2. The summed E-state index contributed by atoms with van der Waals surface area (Å²) >= 11 is 0. The standard InChI is InChI=1S/C16H15N3O4S2/c17-11-12-2-1-3-16(10-12)25(22,23)19-14-6-8-15(9-7-14)24(20,21)18-13-4-5-13/h1-3,6-10,13,18-19H,4-5H2. The average molecular weight is 377 g/mol. The van der Waals surface area contributed by atoms with Gasteiger partial charge in [0.25, 0.3) is 10.0 Å². The van der Waals surface area contributed by atoms with Crippen LogP contribution in [0.5, 0.6) is 0 Å². The van der Waals surface area contributed by atoms with Crippen molar-refractivity contribution in [1.82, 2.24) is 4.72 Å². The van der Waals surface area contributed by atoms with Gasteiger partial charge in [-0.2, -0.15) is 5.26 Å². The van der Waals surface area contributed by atoms with Gasteiger partial charge >= 0.3 is 0 Å². The summed E-state index contributed by atoms with van der Waals surface area (Å²) in [7, 11) is -7.45. The fraction of sp³-hybridized carbons (Fsp3) is 0.188. The molecule has 9 heteroatoms. The molecule has 2 N–H and O–H groups in total. The molecule has 0 atom stereocenters. The van der Waals surface area contributed by atoms with Crippen LogP contribution in [0.25, 0.3) is 0 Å². The van der Waals surface area contributed by atoms with Gasteiger partial charge in [-0.3, -0.25) is 4.72 Å². The molecule has 0 unspecified atom stereocenters. The highest BCUT2D eigenvalue weighted by molar-refractivity contribution is 7.92. The Bertz CT molecular complexity index is 1040. The first-order valence-electron chi connectivity index (χ1n) is 7.45. The van der Waals surface area contributed by atoms with Gasteiger partial charge in [-0.15, -0.1) is 0 Å². The molecule has 0 saturated heterocycles. The Morgan fingerprint density at radius 1 is 0.920 bits per heavy atom. The highest BCUT2D eigenvalue weighted by Gasteiger charge is 2.27. The van der Waals surface area contributed by atoms with Crippen LogP contribution in [0.1, 0.15) is 18.4 Å². The van der Waals surface area contributed by atoms with Crippen LogP contribution in [-0.2, 0) is 20.0 Å². The molecule has 2 aromatic rings. The van der Waals surface area contributed by atoms with E-state index in [1.807, 2.05) is 6.07 Å². The maximum Gasteiger partial charge on any atom is 0.261 e. The molecular formula is C16H15N3O4S2. The fourth-order valence-corrected chi connectivity index (χ4v) is 4.55. The molecule has 1 fully saturated rings. The lowest BCUT2D eigenvalue weighted by Crippen LogP contribution is -2.25. The van der Waals surface area contributed by atoms with E-state index in [2.05, 4.69) is 9.44 Å². The Kier molecular flexibility index (Phi) is 4.51. The molecule has 0 bridgehead atoms. The molecule has 0 aliphatic heterocycles. The van der Waals surface area contributed by atoms with Gasteiger partial charge in [-0.25, -0.2) is 21.6 Å². The molecule has 130 valence electrons. The molecule has 2 aromatic carbocycles. The number of anilines is 1. The zero-order valence-electron chi connectivity index (χ0n) is 13.0. The third-order valence-corrected chi connectivity index (χ3v) is 6.50. The minimum absolute atomic E-state index is 0.00408. The lowest BCUT2D eigenvalue weighted by molar-refractivity contribution is 0.581. The van der Waals surface area contributed by atoms with Crippen molar-refractivity contribution in [2.24, 2.45) is 0 Å². The average Bonchev–Trinajstić information content (AvgIpc) is 3.38. The molecule has 0 radical (unpaired) electrons. The van der Waals surface area contributed by atoms with Crippen molar-refractivity contribution in [3.05, 3.63) is 54.1 Å². The van der Waals surface area contributed by atoms with E-state index in [0.717, 1.165) is 12.8 Å². The van der Waals surface area contributed by atoms with Crippen molar-refractivity contribution >= 4 is 25.7 Å². The van der Waals surface area contributed by atoms with Crippen LogP contribution in [0.3, 0.4) is 0 Å². The van der Waals surface area contributed by atoms with E-state index in [1.54, 1.807) is 0 Å². The van der Waals surface area contributed by atoms with E-state index in [9.17, 15) is 16.8 Å². The number of nitriles is 1. The Balaban J connectivity index is 1.79. The molecule has 1 saturated carbocycles. The summed E-state index contributed by atoms with van der Waals surface area (Å²) in [6.07, 6.45) is 1.66. The highest BCUT2D eigenvalue weighted by Crippen LogP contribution is 2.23. The first-order chi connectivity index (χ1) is 11.8. The van der Waals surface area contributed by atoms with Crippen LogP contribution < -0.4 is 9.44 Å². The predicted octanol–water partition coefficient (Wildman–Crippen LogP) is 1.80. The number of sulfonamides is 2. The summed E-state index contributed by atoms with van der Waals surface area (Å²) in [5.41, 5.74) is 0.461. The van der Waals surface area contributed by atoms with E-state index in [0.29, 0.717) is 0 Å². The summed E-state index contributed by atoms with van der Waals surface area (Å²) in [4.78, 5) is 0.0347. The molecule has 7 nitrogen and oxygen atoms in total. The minimum Gasteiger partial charge on any atom is -0.280 e. The molecule has 0 spiro atoms. The summed E-state index contributed by atoms with van der Waals surface area (Å²) in [6, 6.07) is 13.0. The Hall–Kier alpha value is -2.41. The smallest absolute Gasteiger partial charge is 0.261 e. The quantitative estimate of drug-likeness (QED) is 0.796. The SMILES string of the molecule is N#Cc1cccc(S(=O)(=O)Nc2ccc(S(=O)(=O)NC3CC3)cc2)c1. The Labute approximate surface area is 146 Å². The van der Waals surface area contributed by atoms with E-state index >= 15 is 0 Å². The second kappa shape index (κ2) is 6.48. The third-order valence-electron chi connectivity index (χ3n) is 3.59. The maximum atomic E-state index is 12.4. The van der Waals surface area contributed by atoms with Gasteiger partial charge < -0.3 is 0 Å². The van der Waals surface area contributed by atoms with Gasteiger partial charge in [0.1, 0.15) is 0 Å². The van der Waals surface area contributed by atoms with Crippen LogP contribution >= 0.6 is 0 Å². The van der Waals surface area contributed by atoms with Gasteiger partial charge in [-0.1, -0.05) is 6.07 Å². The molecule has 0 aromatic heterocycles. The van der Waals surface area contributed by atoms with Crippen molar-refractivity contribution in [3.63, 3.8) is 0 Å². The Morgan fingerprint density at radius 3 is 2.20 bits per heavy atom. The normalized spacial score (nSPS) is 14.7. The fourth-order valence-electron chi connectivity index (χ4n) is 2.14. The van der Waals surface area contributed by atoms with Gasteiger partial charge in [0.05, 0.1) is 21.4 Å². The second-order valence-electron chi connectivity index (χ2n) is 5.67. The summed E-state index contributed by atoms with van der Waals surface area (Å²) in [5.74, 6) is 0. The predicted molar refractivity (Wildman–Crippen MR) is 91.8 cm³/mol. The zero-order chi connectivity index (χ0) is 18.1. The van der Waals surface area contributed by atoms with Crippen LogP contribution in [0.15, 0.2) is 58.3 Å². The van der Waals surface area contributed by atoms with Gasteiger partial charge in [-0.05, 0) is 55.3 Å². The van der Waals surface area contributed by atoms with Gasteiger partial charge in [0.2, 0.25) is 10.0 Å². The van der Waals surface area contributed by atoms with Crippen LogP contribution in [-0.4, -0.2) is 22.9 Å². The first-order valence-corrected chi connectivity index (χ1v) is 10.4. The summed E-state index contributed by atoms with van der Waals surface area (Å²) in [6.45, 7) is 0. The van der Waals surface area contributed by atoms with Crippen molar-refractivity contribution in [1.29, 1.82) is 5.26 Å². The van der Waals surface area contributed by atoms with Crippen LogP contribution in [0.2, 0.25) is 0 Å². The second-order valence-corrected chi connectivity index (χ2v) is 9.06. The van der Waals surface area contributed by atoms with Crippen LogP contribution in [0, 0.1) is 11.3 Å². The molecule has 0 heterocycles. The number of nitrogens with zero attached hydrogens (tertiary/aromatic N) is 1. The first kappa shape index (κ1) is 17.4. The van der Waals surface area contributed by atoms with Crippen molar-refractivity contribution in [2.45, 2.75) is 28.7 Å². The zero-order valence-corrected chi connectivity index (χ0v) is 14.6. The lowest BCUT2D eigenvalue weighted by atomic mass is 10.2. The largest absolute Gasteiger partial charge is 0.280 e. The number of rotatable bonds is 6. The van der Waals surface area contributed by atoms with E-state index < -0.39 is 20.0 Å². The summed E-state index contributed by atoms with van der Waals surface area (Å²) < 4.78 is 53.8. The van der Waals surface area contributed by atoms with Gasteiger partial charge in [0, 0.05) is 11.7 Å². The molecule has 1 aliphatic carbocycles. The number of nitrogens with one attached hydrogen (secondary N) is 2. The molecular weight excluding hydrogens is 362 g/mol. The van der Waals surface area contributed by atoms with Crippen molar-refractivity contribution in [2.75, 3.05) is 4.72 Å². The number of hydrogen-bond donors (Lipinski definition) is 2. The maximum absolute atomic E-state index is 12.4.